The summed E-state index contributed by atoms with van der Waals surface area (Å²) in [5, 5.41) is 13.7. The number of hydrogen-bond donors (Lipinski definition) is 3. The van der Waals surface area contributed by atoms with Crippen LogP contribution in [0.2, 0.25) is 0 Å². The van der Waals surface area contributed by atoms with Crippen molar-refractivity contribution in [3.63, 3.8) is 0 Å². The van der Waals surface area contributed by atoms with Gasteiger partial charge >= 0.3 is 7.82 Å². The first-order valence-electron chi connectivity index (χ1n) is 22.1. The average molecular weight is 760 g/mol. The molecule has 0 aliphatic heterocycles. The standard InChI is InChI=1S/C43H87N2O6P/c1-6-8-10-12-13-14-15-16-17-18-19-20-21-22-23-24-25-26-27-28-29-30-31-33-34-36-42(46)41(44-43(47)37-35-32-11-9-7-2)40-51-52(48,49)50-39-38-45(3,4)5/h34,36,41-42,46H,6-33,35,37-40H2,1-5H3,(H-,44,47,48,49)/p+1/b36-34+. The topological polar surface area (TPSA) is 105 Å². The third kappa shape index (κ3) is 37.6. The lowest BCUT2D eigenvalue weighted by atomic mass is 10.0. The number of phosphoric ester groups is 1. The zero-order chi connectivity index (χ0) is 38.6. The zero-order valence-electron chi connectivity index (χ0n) is 35.1. The molecular formula is C43H88N2O6P+. The number of quaternary nitrogens is 1. The lowest BCUT2D eigenvalue weighted by Gasteiger charge is -2.25. The Balaban J connectivity index is 4.05. The highest BCUT2D eigenvalue weighted by atomic mass is 31.2. The van der Waals surface area contributed by atoms with Crippen molar-refractivity contribution in [1.29, 1.82) is 0 Å². The molecule has 0 bridgehead atoms. The predicted octanol–water partition coefficient (Wildman–Crippen LogP) is 12.0. The van der Waals surface area contributed by atoms with Gasteiger partial charge in [0.15, 0.2) is 0 Å². The Kier molecular flexibility index (Phi) is 35.4. The number of phosphoric acid groups is 1. The van der Waals surface area contributed by atoms with E-state index in [0.29, 0.717) is 17.4 Å². The number of nitrogens with zero attached hydrogens (tertiary/aromatic N) is 1. The van der Waals surface area contributed by atoms with E-state index in [9.17, 15) is 19.4 Å². The Labute approximate surface area is 322 Å². The average Bonchev–Trinajstić information content (AvgIpc) is 3.09. The first kappa shape index (κ1) is 51.2. The number of allylic oxidation sites excluding steroid dienone is 1. The largest absolute Gasteiger partial charge is 0.472 e. The van der Waals surface area contributed by atoms with E-state index in [1.54, 1.807) is 6.08 Å². The van der Waals surface area contributed by atoms with Gasteiger partial charge in [0.1, 0.15) is 13.2 Å². The molecular weight excluding hydrogens is 671 g/mol. The highest BCUT2D eigenvalue weighted by molar-refractivity contribution is 7.47. The molecule has 0 saturated heterocycles. The molecule has 0 aliphatic rings. The van der Waals surface area contributed by atoms with Crippen molar-refractivity contribution in [2.45, 2.75) is 219 Å². The Morgan fingerprint density at radius 2 is 1.02 bits per heavy atom. The Morgan fingerprint density at radius 3 is 1.42 bits per heavy atom. The van der Waals surface area contributed by atoms with Crippen LogP contribution >= 0.6 is 7.82 Å². The molecule has 0 rings (SSSR count). The second-order valence-electron chi connectivity index (χ2n) is 16.4. The summed E-state index contributed by atoms with van der Waals surface area (Å²) < 4.78 is 23.4. The van der Waals surface area contributed by atoms with Gasteiger partial charge in [-0.1, -0.05) is 193 Å². The first-order chi connectivity index (χ1) is 25.0. The maximum Gasteiger partial charge on any atom is 0.472 e. The molecule has 0 aromatic heterocycles. The first-order valence-corrected chi connectivity index (χ1v) is 23.6. The summed E-state index contributed by atoms with van der Waals surface area (Å²) in [7, 11) is 1.58. The van der Waals surface area contributed by atoms with Crippen molar-refractivity contribution in [3.8, 4) is 0 Å². The van der Waals surface area contributed by atoms with Gasteiger partial charge in [-0.25, -0.2) is 4.57 Å². The highest BCUT2D eigenvalue weighted by Gasteiger charge is 2.27. The van der Waals surface area contributed by atoms with Gasteiger partial charge in [-0.2, -0.15) is 0 Å². The van der Waals surface area contributed by atoms with Crippen LogP contribution < -0.4 is 5.32 Å². The highest BCUT2D eigenvalue weighted by Crippen LogP contribution is 2.43. The summed E-state index contributed by atoms with van der Waals surface area (Å²) in [6, 6.07) is -0.837. The summed E-state index contributed by atoms with van der Waals surface area (Å²) in [6.07, 6.45) is 40.5. The van der Waals surface area contributed by atoms with Crippen LogP contribution in [0.5, 0.6) is 0 Å². The number of hydrogen-bond acceptors (Lipinski definition) is 5. The number of nitrogens with one attached hydrogen (secondary N) is 1. The Morgan fingerprint density at radius 1 is 0.635 bits per heavy atom. The number of aliphatic hydroxyl groups excluding tert-OH is 1. The third-order valence-corrected chi connectivity index (χ3v) is 11.0. The molecule has 0 heterocycles. The minimum absolute atomic E-state index is 0.0636. The van der Waals surface area contributed by atoms with Crippen LogP contribution in [-0.4, -0.2) is 73.4 Å². The molecule has 9 heteroatoms. The van der Waals surface area contributed by atoms with Crippen LogP contribution in [0.4, 0.5) is 0 Å². The molecule has 3 N–H and O–H groups in total. The van der Waals surface area contributed by atoms with E-state index in [0.717, 1.165) is 44.9 Å². The monoisotopic (exact) mass is 760 g/mol. The molecule has 0 aliphatic carbocycles. The quantitative estimate of drug-likeness (QED) is 0.0249. The van der Waals surface area contributed by atoms with Crippen LogP contribution in [0.1, 0.15) is 206 Å². The minimum atomic E-state index is -4.32. The van der Waals surface area contributed by atoms with Crippen molar-refractivity contribution in [3.05, 3.63) is 12.2 Å². The van der Waals surface area contributed by atoms with Crippen LogP contribution in [-0.2, 0) is 18.4 Å². The number of rotatable bonds is 40. The van der Waals surface area contributed by atoms with Crippen molar-refractivity contribution in [1.82, 2.24) is 5.32 Å². The molecule has 8 nitrogen and oxygen atoms in total. The van der Waals surface area contributed by atoms with Gasteiger partial charge in [0.25, 0.3) is 0 Å². The van der Waals surface area contributed by atoms with E-state index in [1.165, 1.54) is 141 Å². The maximum absolute atomic E-state index is 12.6. The molecule has 3 atom stereocenters. The van der Waals surface area contributed by atoms with Crippen molar-refractivity contribution < 1.29 is 32.9 Å². The zero-order valence-corrected chi connectivity index (χ0v) is 36.0. The number of unbranched alkanes of at least 4 members (excludes halogenated alkanes) is 27. The summed E-state index contributed by atoms with van der Waals surface area (Å²) in [5.41, 5.74) is 0. The smallest absolute Gasteiger partial charge is 0.387 e. The molecule has 0 saturated carbocycles. The maximum atomic E-state index is 12.6. The van der Waals surface area contributed by atoms with E-state index in [2.05, 4.69) is 19.2 Å². The van der Waals surface area contributed by atoms with Crippen molar-refractivity contribution in [2.24, 2.45) is 0 Å². The molecule has 0 spiro atoms. The van der Waals surface area contributed by atoms with Gasteiger partial charge in [-0.15, -0.1) is 0 Å². The van der Waals surface area contributed by atoms with Crippen LogP contribution in [0.25, 0.3) is 0 Å². The van der Waals surface area contributed by atoms with Gasteiger partial charge < -0.3 is 19.8 Å². The van der Waals surface area contributed by atoms with Crippen LogP contribution in [0, 0.1) is 0 Å². The lowest BCUT2D eigenvalue weighted by molar-refractivity contribution is -0.870. The van der Waals surface area contributed by atoms with Crippen molar-refractivity contribution in [2.75, 3.05) is 40.9 Å². The summed E-state index contributed by atoms with van der Waals surface area (Å²) in [6.45, 7) is 4.73. The van der Waals surface area contributed by atoms with E-state index >= 15 is 0 Å². The fraction of sp³-hybridized carbons (Fsp3) is 0.930. The summed E-state index contributed by atoms with van der Waals surface area (Å²) in [5.74, 6) is -0.189. The fourth-order valence-corrected chi connectivity index (χ4v) is 7.19. The van der Waals surface area contributed by atoms with Crippen LogP contribution in [0.3, 0.4) is 0 Å². The van der Waals surface area contributed by atoms with Gasteiger partial charge in [0.2, 0.25) is 5.91 Å². The molecule has 0 radical (unpaired) electrons. The van der Waals surface area contributed by atoms with E-state index in [-0.39, 0.29) is 19.1 Å². The van der Waals surface area contributed by atoms with Gasteiger partial charge in [0.05, 0.1) is 39.9 Å². The fourth-order valence-electron chi connectivity index (χ4n) is 6.45. The normalized spacial score (nSPS) is 14.5. The second kappa shape index (κ2) is 35.9. The van der Waals surface area contributed by atoms with Crippen molar-refractivity contribution >= 4 is 13.7 Å². The van der Waals surface area contributed by atoms with Crippen LogP contribution in [0.15, 0.2) is 12.2 Å². The minimum Gasteiger partial charge on any atom is -0.387 e. The molecule has 0 fully saturated rings. The number of amides is 1. The third-order valence-electron chi connectivity index (χ3n) is 10.0. The summed E-state index contributed by atoms with van der Waals surface area (Å²) >= 11 is 0. The van der Waals surface area contributed by atoms with Gasteiger partial charge in [-0.3, -0.25) is 13.8 Å². The lowest BCUT2D eigenvalue weighted by Crippen LogP contribution is -2.45. The predicted molar refractivity (Wildman–Crippen MR) is 222 cm³/mol. The molecule has 0 aromatic rings. The van der Waals surface area contributed by atoms with E-state index in [4.69, 9.17) is 9.05 Å². The molecule has 0 aromatic carbocycles. The molecule has 1 amide bonds. The number of aliphatic hydroxyl groups is 1. The van der Waals surface area contributed by atoms with Gasteiger partial charge in [-0.05, 0) is 19.3 Å². The number of likely N-dealkylation sites (N-methyl/N-ethyl adjacent to an activating group) is 1. The Bertz CT molecular complexity index is 865. The number of carbonyl (C=O) groups is 1. The molecule has 310 valence electrons. The Hall–Kier alpha value is -0.760. The molecule has 52 heavy (non-hydrogen) atoms. The second-order valence-corrected chi connectivity index (χ2v) is 17.9. The SMILES string of the molecule is CCCCCCCCCCCCCCCCCCCCCCCCC/C=C/C(O)C(COP(=O)(O)OCC[N+](C)(C)C)NC(=O)CCCCCCC. The van der Waals surface area contributed by atoms with E-state index in [1.807, 2.05) is 27.2 Å². The number of carbonyl (C=O) groups excluding carboxylic acids is 1. The van der Waals surface area contributed by atoms with E-state index < -0.39 is 20.0 Å². The summed E-state index contributed by atoms with van der Waals surface area (Å²) in [4.78, 5) is 22.8. The van der Waals surface area contributed by atoms with Gasteiger partial charge in [0, 0.05) is 6.42 Å². The molecule has 3 unspecified atom stereocenters.